The Morgan fingerprint density at radius 2 is 0.743 bits per heavy atom. The van der Waals surface area contributed by atoms with E-state index < -0.39 is 7.92 Å². The number of hydrogen-bond acceptors (Lipinski definition) is 2. The molecule has 196 valence electrons. The van der Waals surface area contributed by atoms with Gasteiger partial charge in [-0.15, -0.1) is 0 Å². The van der Waals surface area contributed by atoms with Gasteiger partial charge in [0.2, 0.25) is 0 Å². The number of benzene rings is 2. The number of phenols is 2. The van der Waals surface area contributed by atoms with Gasteiger partial charge in [0.1, 0.15) is 11.5 Å². The molecule has 0 amide bonds. The molecule has 0 aromatic heterocycles. The number of aromatic hydroxyl groups is 2. The molecule has 0 bridgehead atoms. The topological polar surface area (TPSA) is 40.5 Å². The molecule has 0 aliphatic carbocycles. The Balaban J connectivity index is 3.11. The summed E-state index contributed by atoms with van der Waals surface area (Å²) in [6.45, 7) is 33.0. The summed E-state index contributed by atoms with van der Waals surface area (Å²) in [4.78, 5) is 0. The number of phenolic OH excluding ortho intramolecular Hbond substituents is 2. The monoisotopic (exact) mass is 498 g/mol. The Hall–Kier alpha value is -1.53. The van der Waals surface area contributed by atoms with Crippen LogP contribution in [0.4, 0.5) is 0 Å². The molecular formula is C32H51O2P. The maximum Gasteiger partial charge on any atom is 0.127 e. The van der Waals surface area contributed by atoms with Crippen molar-refractivity contribution in [2.24, 2.45) is 0 Å². The van der Waals surface area contributed by atoms with Gasteiger partial charge in [0.05, 0.1) is 0 Å². The van der Waals surface area contributed by atoms with Crippen molar-refractivity contribution in [2.75, 3.05) is 0 Å². The van der Waals surface area contributed by atoms with Gasteiger partial charge in [0.15, 0.2) is 0 Å². The molecule has 35 heavy (non-hydrogen) atoms. The molecule has 0 aliphatic rings. The maximum absolute atomic E-state index is 11.8. The quantitative estimate of drug-likeness (QED) is 0.407. The van der Waals surface area contributed by atoms with Crippen molar-refractivity contribution in [2.45, 2.75) is 131 Å². The molecule has 0 radical (unpaired) electrons. The lowest BCUT2D eigenvalue weighted by atomic mass is 9.80. The highest BCUT2D eigenvalue weighted by Crippen LogP contribution is 2.54. The first-order valence-corrected chi connectivity index (χ1v) is 14.3. The fourth-order valence-corrected chi connectivity index (χ4v) is 7.35. The molecule has 2 aromatic carbocycles. The van der Waals surface area contributed by atoms with Crippen molar-refractivity contribution in [3.8, 4) is 11.5 Å². The fraction of sp³-hybridized carbons (Fsp3) is 0.625. The second-order valence-electron chi connectivity index (χ2n) is 15.3. The van der Waals surface area contributed by atoms with E-state index in [-0.39, 0.29) is 26.8 Å². The predicted octanol–water partition coefficient (Wildman–Crippen LogP) is 8.52. The molecule has 2 rings (SSSR count). The van der Waals surface area contributed by atoms with E-state index in [9.17, 15) is 10.2 Å². The van der Waals surface area contributed by atoms with E-state index in [1.807, 2.05) is 0 Å². The molecule has 0 aliphatic heterocycles. The largest absolute Gasteiger partial charge is 0.507 e. The second kappa shape index (κ2) is 9.09. The van der Waals surface area contributed by atoms with Gasteiger partial charge in [-0.3, -0.25) is 0 Å². The third-order valence-electron chi connectivity index (χ3n) is 6.68. The van der Waals surface area contributed by atoms with Gasteiger partial charge in [-0.05, 0) is 58.0 Å². The van der Waals surface area contributed by atoms with Crippen LogP contribution in [0, 0.1) is 0 Å². The van der Waals surface area contributed by atoms with E-state index in [0.717, 1.165) is 21.7 Å². The van der Waals surface area contributed by atoms with Gasteiger partial charge < -0.3 is 10.2 Å². The second-order valence-corrected chi connectivity index (χ2v) is 18.3. The van der Waals surface area contributed by atoms with Gasteiger partial charge in [-0.2, -0.15) is 0 Å². The Bertz CT molecular complexity index is 994. The summed E-state index contributed by atoms with van der Waals surface area (Å²) >= 11 is 0. The summed E-state index contributed by atoms with van der Waals surface area (Å²) in [5.74, 6) is 0.758. The first-order valence-electron chi connectivity index (χ1n) is 12.9. The minimum absolute atomic E-state index is 0.0623. The van der Waals surface area contributed by atoms with Gasteiger partial charge in [0, 0.05) is 21.7 Å². The minimum Gasteiger partial charge on any atom is -0.507 e. The molecular weight excluding hydrogens is 447 g/mol. The van der Waals surface area contributed by atoms with E-state index in [4.69, 9.17) is 0 Å². The molecule has 0 heterocycles. The van der Waals surface area contributed by atoms with Gasteiger partial charge in [-0.25, -0.2) is 0 Å². The van der Waals surface area contributed by atoms with Gasteiger partial charge >= 0.3 is 0 Å². The molecule has 0 saturated carbocycles. The van der Waals surface area contributed by atoms with Crippen LogP contribution in [0.25, 0.3) is 0 Å². The average Bonchev–Trinajstić information content (AvgIpc) is 2.59. The van der Waals surface area contributed by atoms with Crippen LogP contribution in [0.2, 0.25) is 0 Å². The molecule has 0 fully saturated rings. The molecule has 0 saturated heterocycles. The Morgan fingerprint density at radius 3 is 0.943 bits per heavy atom. The molecule has 2 nitrogen and oxygen atoms in total. The van der Waals surface area contributed by atoms with Crippen LogP contribution in [-0.2, 0) is 21.7 Å². The zero-order valence-corrected chi connectivity index (χ0v) is 26.0. The highest BCUT2D eigenvalue weighted by Gasteiger charge is 2.37. The average molecular weight is 499 g/mol. The van der Waals surface area contributed by atoms with Gasteiger partial charge in [0.25, 0.3) is 0 Å². The van der Waals surface area contributed by atoms with E-state index >= 15 is 0 Å². The van der Waals surface area contributed by atoms with Crippen LogP contribution < -0.4 is 10.6 Å². The van der Waals surface area contributed by atoms with Crippen molar-refractivity contribution in [3.05, 3.63) is 46.5 Å². The van der Waals surface area contributed by atoms with Crippen molar-refractivity contribution in [1.29, 1.82) is 0 Å². The summed E-state index contributed by atoms with van der Waals surface area (Å²) in [6, 6.07) is 8.78. The Labute approximate surface area is 217 Å². The van der Waals surface area contributed by atoms with Crippen LogP contribution in [0.3, 0.4) is 0 Å². The maximum atomic E-state index is 11.8. The summed E-state index contributed by atoms with van der Waals surface area (Å²) in [6.07, 6.45) is 0. The van der Waals surface area contributed by atoms with E-state index in [0.29, 0.717) is 11.5 Å². The minimum atomic E-state index is -1.09. The molecule has 3 heteroatoms. The lowest BCUT2D eigenvalue weighted by molar-refractivity contribution is 0.448. The van der Waals surface area contributed by atoms with Crippen molar-refractivity contribution < 1.29 is 10.2 Å². The van der Waals surface area contributed by atoms with E-state index in [1.54, 1.807) is 0 Å². The summed E-state index contributed by atoms with van der Waals surface area (Å²) in [7, 11) is -1.09. The third-order valence-corrected chi connectivity index (χ3v) is 9.67. The zero-order valence-electron chi connectivity index (χ0n) is 25.2. The number of rotatable bonds is 2. The Morgan fingerprint density at radius 1 is 0.457 bits per heavy atom. The standard InChI is InChI=1S/C32H51O2P/c1-28(2,3)20-16-22(30(7,8)9)26(33)24(18-20)35(32(13,14)15)25-19-21(29(4,5)6)17-23(27(25)34)31(10,11)12/h16-19,33-34H,1-15H3. The van der Waals surface area contributed by atoms with Crippen molar-refractivity contribution in [3.63, 3.8) is 0 Å². The van der Waals surface area contributed by atoms with Gasteiger partial charge in [-0.1, -0.05) is 116 Å². The number of hydrogen-bond donors (Lipinski definition) is 2. The molecule has 0 atom stereocenters. The SMILES string of the molecule is CC(C)(C)c1cc(P(c2cc(C(C)(C)C)cc(C(C)(C)C)c2O)C(C)(C)C)c(O)c(C(C)(C)C)c1. The van der Waals surface area contributed by atoms with E-state index in [2.05, 4.69) is 128 Å². The molecule has 2 N–H and O–H groups in total. The summed E-state index contributed by atoms with van der Waals surface area (Å²) in [5, 5.41) is 25.3. The smallest absolute Gasteiger partial charge is 0.127 e. The predicted molar refractivity (Wildman–Crippen MR) is 157 cm³/mol. The fourth-order valence-electron chi connectivity index (χ4n) is 4.44. The zero-order chi connectivity index (χ0) is 27.5. The van der Waals surface area contributed by atoms with Crippen LogP contribution in [0.15, 0.2) is 24.3 Å². The lowest BCUT2D eigenvalue weighted by Crippen LogP contribution is -2.31. The summed E-state index contributed by atoms with van der Waals surface area (Å²) < 4.78 is 0. The Kier molecular flexibility index (Phi) is 7.72. The molecule has 0 unspecified atom stereocenters. The normalized spacial score (nSPS) is 14.1. The third kappa shape index (κ3) is 6.43. The summed E-state index contributed by atoms with van der Waals surface area (Å²) in [5.41, 5.74) is 3.85. The van der Waals surface area contributed by atoms with Crippen LogP contribution in [0.1, 0.15) is 126 Å². The lowest BCUT2D eigenvalue weighted by Gasteiger charge is -2.38. The van der Waals surface area contributed by atoms with Crippen LogP contribution in [-0.4, -0.2) is 15.4 Å². The van der Waals surface area contributed by atoms with E-state index in [1.165, 1.54) is 11.1 Å². The van der Waals surface area contributed by atoms with Crippen LogP contribution in [0.5, 0.6) is 11.5 Å². The molecule has 2 aromatic rings. The van der Waals surface area contributed by atoms with Crippen molar-refractivity contribution in [1.82, 2.24) is 0 Å². The highest BCUT2D eigenvalue weighted by atomic mass is 31.1. The highest BCUT2D eigenvalue weighted by molar-refractivity contribution is 7.74. The first kappa shape index (κ1) is 29.7. The first-order chi connectivity index (χ1) is 15.4. The van der Waals surface area contributed by atoms with Crippen molar-refractivity contribution >= 4 is 18.5 Å². The molecule has 0 spiro atoms. The van der Waals surface area contributed by atoms with Crippen LogP contribution >= 0.6 is 7.92 Å².